The van der Waals surface area contributed by atoms with Crippen LogP contribution < -0.4 is 4.90 Å². The zero-order valence-electron chi connectivity index (χ0n) is 12.9. The van der Waals surface area contributed by atoms with E-state index in [1.807, 2.05) is 25.7 Å². The largest absolute Gasteiger partial charge is 0.477 e. The van der Waals surface area contributed by atoms with Gasteiger partial charge in [0.05, 0.1) is 0 Å². The van der Waals surface area contributed by atoms with Gasteiger partial charge >= 0.3 is 12.1 Å². The highest BCUT2D eigenvalue weighted by atomic mass is 16.6. The Balaban J connectivity index is 1.96. The number of carbonyl (C=O) groups excluding carboxylic acids is 1. The van der Waals surface area contributed by atoms with Gasteiger partial charge in [-0.2, -0.15) is 0 Å². The van der Waals surface area contributed by atoms with E-state index < -0.39 is 11.6 Å². The third-order valence-corrected chi connectivity index (χ3v) is 3.13. The van der Waals surface area contributed by atoms with E-state index in [0.717, 1.165) is 0 Å². The topological polar surface area (TPSA) is 95.9 Å². The van der Waals surface area contributed by atoms with E-state index in [1.165, 1.54) is 12.4 Å². The fourth-order valence-corrected chi connectivity index (χ4v) is 2.08. The van der Waals surface area contributed by atoms with Crippen LogP contribution in [0.25, 0.3) is 0 Å². The first-order chi connectivity index (χ1) is 10.3. The first-order valence-corrected chi connectivity index (χ1v) is 7.04. The zero-order chi connectivity index (χ0) is 16.3. The molecule has 2 rings (SSSR count). The van der Waals surface area contributed by atoms with E-state index in [9.17, 15) is 9.59 Å². The summed E-state index contributed by atoms with van der Waals surface area (Å²) in [5.74, 6) is -0.535. The highest BCUT2D eigenvalue weighted by molar-refractivity contribution is 5.86. The molecule has 1 N–H and O–H groups in total. The van der Waals surface area contributed by atoms with Crippen molar-refractivity contribution in [2.75, 3.05) is 31.1 Å². The molecule has 0 aromatic carbocycles. The molecular formula is C14H20N4O4. The third kappa shape index (κ3) is 4.06. The van der Waals surface area contributed by atoms with Gasteiger partial charge in [0.1, 0.15) is 17.7 Å². The van der Waals surface area contributed by atoms with Crippen molar-refractivity contribution < 1.29 is 19.4 Å². The van der Waals surface area contributed by atoms with Crippen LogP contribution in [-0.4, -0.2) is 63.8 Å². The lowest BCUT2D eigenvalue weighted by atomic mass is 10.2. The quantitative estimate of drug-likeness (QED) is 0.877. The summed E-state index contributed by atoms with van der Waals surface area (Å²) in [6.07, 6.45) is 0.903. The summed E-state index contributed by atoms with van der Waals surface area (Å²) in [5.41, 5.74) is -0.559. The van der Waals surface area contributed by atoms with Crippen LogP contribution in [0.4, 0.5) is 10.6 Å². The Morgan fingerprint density at radius 2 is 1.82 bits per heavy atom. The van der Waals surface area contributed by atoms with Gasteiger partial charge < -0.3 is 19.6 Å². The van der Waals surface area contributed by atoms with Crippen LogP contribution in [-0.2, 0) is 4.74 Å². The number of nitrogens with zero attached hydrogens (tertiary/aromatic N) is 4. The molecule has 0 unspecified atom stereocenters. The molecule has 0 spiro atoms. The second-order valence-electron chi connectivity index (χ2n) is 6.02. The second-order valence-corrected chi connectivity index (χ2v) is 6.02. The van der Waals surface area contributed by atoms with Gasteiger partial charge in [-0.05, 0) is 20.8 Å². The van der Waals surface area contributed by atoms with Crippen LogP contribution in [0.1, 0.15) is 31.3 Å². The molecule has 0 atom stereocenters. The summed E-state index contributed by atoms with van der Waals surface area (Å²) >= 11 is 0. The van der Waals surface area contributed by atoms with Gasteiger partial charge in [0.25, 0.3) is 0 Å². The number of amides is 1. The summed E-state index contributed by atoms with van der Waals surface area (Å²) in [4.78, 5) is 34.3. The monoisotopic (exact) mass is 308 g/mol. The van der Waals surface area contributed by atoms with Crippen LogP contribution in [0, 0.1) is 0 Å². The van der Waals surface area contributed by atoms with E-state index in [4.69, 9.17) is 9.84 Å². The molecular weight excluding hydrogens is 288 g/mol. The number of hydrogen-bond donors (Lipinski definition) is 1. The SMILES string of the molecule is CC(C)(C)OC(=O)N1CCN(c2cc(C(=O)O)ncn2)CC1. The van der Waals surface area contributed by atoms with E-state index in [1.54, 1.807) is 4.90 Å². The molecule has 1 aromatic rings. The van der Waals surface area contributed by atoms with E-state index in [-0.39, 0.29) is 11.8 Å². The standard InChI is InChI=1S/C14H20N4O4/c1-14(2,3)22-13(21)18-6-4-17(5-7-18)11-8-10(12(19)20)15-9-16-11/h8-9H,4-7H2,1-3H3,(H,19,20). The summed E-state index contributed by atoms with van der Waals surface area (Å²) < 4.78 is 5.33. The zero-order valence-corrected chi connectivity index (χ0v) is 12.9. The maximum atomic E-state index is 12.0. The fraction of sp³-hybridized carbons (Fsp3) is 0.571. The predicted molar refractivity (Wildman–Crippen MR) is 79.0 cm³/mol. The molecule has 0 saturated carbocycles. The minimum atomic E-state index is -1.09. The minimum Gasteiger partial charge on any atom is -0.477 e. The fourth-order valence-electron chi connectivity index (χ4n) is 2.08. The lowest BCUT2D eigenvalue weighted by Gasteiger charge is -2.36. The Hall–Kier alpha value is -2.38. The van der Waals surface area contributed by atoms with Gasteiger partial charge in [0.2, 0.25) is 0 Å². The van der Waals surface area contributed by atoms with Crippen LogP contribution in [0.5, 0.6) is 0 Å². The number of carbonyl (C=O) groups is 2. The Bertz CT molecular complexity index is 562. The lowest BCUT2D eigenvalue weighted by molar-refractivity contribution is 0.0240. The van der Waals surface area contributed by atoms with Gasteiger partial charge in [0, 0.05) is 32.2 Å². The summed E-state index contributed by atoms with van der Waals surface area (Å²) in [6, 6.07) is 1.44. The molecule has 1 aliphatic rings. The number of piperazine rings is 1. The Kier molecular flexibility index (Phi) is 4.48. The van der Waals surface area contributed by atoms with Gasteiger partial charge in [-0.3, -0.25) is 0 Å². The molecule has 8 nitrogen and oxygen atoms in total. The predicted octanol–water partition coefficient (Wildman–Crippen LogP) is 1.23. The van der Waals surface area contributed by atoms with Crippen molar-refractivity contribution in [2.45, 2.75) is 26.4 Å². The maximum Gasteiger partial charge on any atom is 0.410 e. The molecule has 1 amide bonds. The van der Waals surface area contributed by atoms with Crippen molar-refractivity contribution in [3.63, 3.8) is 0 Å². The number of anilines is 1. The lowest BCUT2D eigenvalue weighted by Crippen LogP contribution is -2.50. The van der Waals surface area contributed by atoms with Crippen LogP contribution in [0.3, 0.4) is 0 Å². The molecule has 1 aliphatic heterocycles. The number of carboxylic acids is 1. The first-order valence-electron chi connectivity index (χ1n) is 7.04. The number of carboxylic acid groups (broad SMARTS) is 1. The second kappa shape index (κ2) is 6.17. The number of ether oxygens (including phenoxy) is 1. The average molecular weight is 308 g/mol. The highest BCUT2D eigenvalue weighted by Gasteiger charge is 2.26. The number of hydrogen-bond acceptors (Lipinski definition) is 6. The average Bonchev–Trinajstić information content (AvgIpc) is 2.46. The molecule has 120 valence electrons. The molecule has 22 heavy (non-hydrogen) atoms. The van der Waals surface area contributed by atoms with Crippen molar-refractivity contribution in [3.8, 4) is 0 Å². The molecule has 0 aliphatic carbocycles. The summed E-state index contributed by atoms with van der Waals surface area (Å²) in [5, 5.41) is 8.95. The molecule has 1 saturated heterocycles. The van der Waals surface area contributed by atoms with Crippen LogP contribution in [0.2, 0.25) is 0 Å². The van der Waals surface area contributed by atoms with Crippen molar-refractivity contribution in [1.82, 2.24) is 14.9 Å². The number of aromatic nitrogens is 2. The van der Waals surface area contributed by atoms with Crippen LogP contribution in [0.15, 0.2) is 12.4 Å². The molecule has 8 heteroatoms. The maximum absolute atomic E-state index is 12.0. The van der Waals surface area contributed by atoms with Crippen molar-refractivity contribution >= 4 is 17.9 Å². The normalized spacial score (nSPS) is 15.6. The van der Waals surface area contributed by atoms with Crippen LogP contribution >= 0.6 is 0 Å². The molecule has 1 aromatic heterocycles. The van der Waals surface area contributed by atoms with Gasteiger partial charge in [-0.1, -0.05) is 0 Å². The van der Waals surface area contributed by atoms with Crippen molar-refractivity contribution in [1.29, 1.82) is 0 Å². The number of aromatic carboxylic acids is 1. The highest BCUT2D eigenvalue weighted by Crippen LogP contribution is 2.16. The third-order valence-electron chi connectivity index (χ3n) is 3.13. The van der Waals surface area contributed by atoms with E-state index in [2.05, 4.69) is 9.97 Å². The molecule has 0 radical (unpaired) electrons. The van der Waals surface area contributed by atoms with Crippen molar-refractivity contribution in [2.24, 2.45) is 0 Å². The van der Waals surface area contributed by atoms with E-state index in [0.29, 0.717) is 32.0 Å². The Morgan fingerprint density at radius 1 is 1.18 bits per heavy atom. The smallest absolute Gasteiger partial charge is 0.410 e. The molecule has 2 heterocycles. The molecule has 1 fully saturated rings. The summed E-state index contributed by atoms with van der Waals surface area (Å²) in [7, 11) is 0. The van der Waals surface area contributed by atoms with Gasteiger partial charge in [-0.15, -0.1) is 0 Å². The van der Waals surface area contributed by atoms with E-state index >= 15 is 0 Å². The number of rotatable bonds is 2. The molecule has 0 bridgehead atoms. The first kappa shape index (κ1) is 16.0. The Labute approximate surface area is 128 Å². The van der Waals surface area contributed by atoms with Gasteiger partial charge in [-0.25, -0.2) is 19.6 Å². The van der Waals surface area contributed by atoms with Gasteiger partial charge in [0.15, 0.2) is 5.69 Å². The Morgan fingerprint density at radius 3 is 2.36 bits per heavy atom. The minimum absolute atomic E-state index is 0.0421. The summed E-state index contributed by atoms with van der Waals surface area (Å²) in [6.45, 7) is 7.62. The van der Waals surface area contributed by atoms with Crippen molar-refractivity contribution in [3.05, 3.63) is 18.1 Å².